The van der Waals surface area contributed by atoms with Crippen LogP contribution in [0.4, 0.5) is 10.2 Å². The first-order valence-electron chi connectivity index (χ1n) is 18.5. The van der Waals surface area contributed by atoms with Gasteiger partial charge in [0, 0.05) is 54.6 Å². The zero-order valence-corrected chi connectivity index (χ0v) is 29.1. The van der Waals surface area contributed by atoms with Crippen molar-refractivity contribution in [1.29, 1.82) is 0 Å². The number of piperidine rings is 1. The minimum absolute atomic E-state index is 0.102. The smallest absolute Gasteiger partial charge is 0.255 e. The SMILES string of the molecule is Nc1ncc(-c2ccc(F)nc2)cc1C(=O)N[C@H]1CCC[C@@H]1OCc1ccc(-c2ccc3c(c2)C2(CC2)CN(C2CCN(CCO)CC2)C3)cc1. The molecule has 1 saturated heterocycles. The van der Waals surface area contributed by atoms with Gasteiger partial charge in [0.1, 0.15) is 5.82 Å². The molecular formula is C41H47FN6O3. The highest BCUT2D eigenvalue weighted by molar-refractivity contribution is 5.99. The molecule has 0 bridgehead atoms. The lowest BCUT2D eigenvalue weighted by molar-refractivity contribution is 0.0272. The second kappa shape index (κ2) is 14.4. The molecule has 0 unspecified atom stereocenters. The van der Waals surface area contributed by atoms with Gasteiger partial charge in [-0.1, -0.05) is 42.5 Å². The predicted molar refractivity (Wildman–Crippen MR) is 195 cm³/mol. The maximum Gasteiger partial charge on any atom is 0.255 e. The maximum atomic E-state index is 13.3. The number of aromatic nitrogens is 2. The number of fused-ring (bicyclic) bond motifs is 2. The molecular weight excluding hydrogens is 643 g/mol. The Kier molecular flexibility index (Phi) is 9.59. The number of ether oxygens (including phenoxy) is 1. The van der Waals surface area contributed by atoms with Crippen LogP contribution < -0.4 is 11.1 Å². The molecule has 3 fully saturated rings. The number of benzene rings is 2. The summed E-state index contributed by atoms with van der Waals surface area (Å²) < 4.78 is 19.7. The molecule has 4 heterocycles. The number of hydrogen-bond donors (Lipinski definition) is 3. The number of halogens is 1. The number of amides is 1. The molecule has 2 saturated carbocycles. The fraction of sp³-hybridized carbons (Fsp3) is 0.439. The third-order valence-electron chi connectivity index (χ3n) is 11.6. The number of rotatable bonds is 10. The molecule has 1 spiro atoms. The van der Waals surface area contributed by atoms with Crippen molar-refractivity contribution in [2.24, 2.45) is 0 Å². The summed E-state index contributed by atoms with van der Waals surface area (Å²) in [6.07, 6.45) is 10.4. The maximum absolute atomic E-state index is 13.3. The molecule has 51 heavy (non-hydrogen) atoms. The van der Waals surface area contributed by atoms with Gasteiger partial charge in [-0.05, 0) is 104 Å². The average Bonchev–Trinajstić information content (AvgIpc) is 3.78. The van der Waals surface area contributed by atoms with Gasteiger partial charge in [-0.25, -0.2) is 9.97 Å². The molecule has 2 aliphatic carbocycles. The summed E-state index contributed by atoms with van der Waals surface area (Å²) in [6, 6.07) is 20.8. The van der Waals surface area contributed by atoms with Crippen molar-refractivity contribution in [2.75, 3.05) is 38.5 Å². The number of carbonyl (C=O) groups excluding carboxylic acids is 1. The molecule has 4 N–H and O–H groups in total. The number of nitrogen functional groups attached to an aromatic ring is 1. The summed E-state index contributed by atoms with van der Waals surface area (Å²) in [5.74, 6) is -0.729. The van der Waals surface area contributed by atoms with Gasteiger partial charge in [0.05, 0.1) is 30.9 Å². The van der Waals surface area contributed by atoms with E-state index >= 15 is 0 Å². The molecule has 10 heteroatoms. The van der Waals surface area contributed by atoms with E-state index in [1.165, 1.54) is 54.6 Å². The second-order valence-electron chi connectivity index (χ2n) is 14.9. The number of nitrogens with zero attached hydrogens (tertiary/aromatic N) is 4. The number of pyridine rings is 2. The van der Waals surface area contributed by atoms with Gasteiger partial charge in [-0.2, -0.15) is 4.39 Å². The van der Waals surface area contributed by atoms with Crippen molar-refractivity contribution in [1.82, 2.24) is 25.1 Å². The second-order valence-corrected chi connectivity index (χ2v) is 14.9. The van der Waals surface area contributed by atoms with Gasteiger partial charge in [-0.3, -0.25) is 9.69 Å². The Hall–Kier alpha value is -4.22. The van der Waals surface area contributed by atoms with Crippen molar-refractivity contribution in [3.05, 3.63) is 101 Å². The van der Waals surface area contributed by atoms with Crippen LogP contribution in [0.25, 0.3) is 22.3 Å². The van der Waals surface area contributed by atoms with E-state index in [0.29, 0.717) is 29.2 Å². The Bertz CT molecular complexity index is 1860. The van der Waals surface area contributed by atoms with Crippen molar-refractivity contribution in [3.8, 4) is 22.3 Å². The first kappa shape index (κ1) is 33.9. The zero-order chi connectivity index (χ0) is 35.0. The van der Waals surface area contributed by atoms with E-state index in [1.54, 1.807) is 23.9 Å². The Morgan fingerprint density at radius 2 is 1.71 bits per heavy atom. The Morgan fingerprint density at radius 3 is 2.45 bits per heavy atom. The van der Waals surface area contributed by atoms with E-state index in [4.69, 9.17) is 10.5 Å². The number of carbonyl (C=O) groups is 1. The van der Waals surface area contributed by atoms with Gasteiger partial charge in [0.25, 0.3) is 5.91 Å². The Morgan fingerprint density at radius 1 is 0.941 bits per heavy atom. The zero-order valence-electron chi connectivity index (χ0n) is 29.1. The topological polar surface area (TPSA) is 117 Å². The van der Waals surface area contributed by atoms with E-state index in [1.807, 2.05) is 0 Å². The molecule has 2 aromatic heterocycles. The monoisotopic (exact) mass is 690 g/mol. The molecule has 4 aromatic rings. The quantitative estimate of drug-likeness (QED) is 0.182. The number of aliphatic hydroxyl groups excluding tert-OH is 1. The molecule has 2 aromatic carbocycles. The number of nitrogens with one attached hydrogen (secondary N) is 1. The number of anilines is 1. The third kappa shape index (κ3) is 7.28. The number of nitrogens with two attached hydrogens (primary N) is 1. The highest BCUT2D eigenvalue weighted by Gasteiger charge is 2.50. The molecule has 2 aliphatic heterocycles. The lowest BCUT2D eigenvalue weighted by atomic mass is 9.83. The molecule has 2 atom stereocenters. The predicted octanol–water partition coefficient (Wildman–Crippen LogP) is 5.70. The Labute approximate surface area is 299 Å². The van der Waals surface area contributed by atoms with Crippen LogP contribution in [0.5, 0.6) is 0 Å². The fourth-order valence-corrected chi connectivity index (χ4v) is 8.52. The van der Waals surface area contributed by atoms with Crippen molar-refractivity contribution < 1.29 is 19.0 Å². The minimum atomic E-state index is -0.570. The van der Waals surface area contributed by atoms with Gasteiger partial charge in [0.15, 0.2) is 0 Å². The summed E-state index contributed by atoms with van der Waals surface area (Å²) in [6.45, 7) is 5.88. The van der Waals surface area contributed by atoms with Crippen LogP contribution in [-0.2, 0) is 23.3 Å². The van der Waals surface area contributed by atoms with E-state index < -0.39 is 5.95 Å². The standard InChI is InChI=1S/C41H47FN6O3/c42-38-11-10-30(22-44-38)32-20-34(39(43)45-23-32)40(50)46-36-2-1-3-37(36)51-25-27-4-6-28(7-5-27)29-8-9-31-24-48(26-41(14-15-41)35(31)21-29)33-12-16-47(17-13-33)18-19-49/h4-11,20-23,33,36-37,49H,1-3,12-19,24-26H2,(H2,43,45)(H,46,50)/t36-,37-/m0/s1. The largest absolute Gasteiger partial charge is 0.395 e. The van der Waals surface area contributed by atoms with Crippen molar-refractivity contribution >= 4 is 11.7 Å². The fourth-order valence-electron chi connectivity index (χ4n) is 8.52. The number of aliphatic hydroxyl groups is 1. The lowest BCUT2D eigenvalue weighted by Crippen LogP contribution is -2.49. The summed E-state index contributed by atoms with van der Waals surface area (Å²) >= 11 is 0. The van der Waals surface area contributed by atoms with Crippen LogP contribution in [-0.4, -0.2) is 81.8 Å². The van der Waals surface area contributed by atoms with Crippen molar-refractivity contribution in [2.45, 2.75) is 81.7 Å². The summed E-state index contributed by atoms with van der Waals surface area (Å²) in [5, 5.41) is 12.5. The number of hydrogen-bond acceptors (Lipinski definition) is 8. The van der Waals surface area contributed by atoms with E-state index in [9.17, 15) is 14.3 Å². The van der Waals surface area contributed by atoms with E-state index in [0.717, 1.165) is 57.5 Å². The summed E-state index contributed by atoms with van der Waals surface area (Å²) in [7, 11) is 0. The van der Waals surface area contributed by atoms with Crippen LogP contribution in [0.3, 0.4) is 0 Å². The minimum Gasteiger partial charge on any atom is -0.395 e. The van der Waals surface area contributed by atoms with Crippen LogP contribution in [0.2, 0.25) is 0 Å². The highest BCUT2D eigenvalue weighted by atomic mass is 19.1. The van der Waals surface area contributed by atoms with E-state index in [-0.39, 0.29) is 36.0 Å². The van der Waals surface area contributed by atoms with Crippen LogP contribution in [0.1, 0.15) is 72.0 Å². The summed E-state index contributed by atoms with van der Waals surface area (Å²) in [5.41, 5.74) is 14.6. The molecule has 4 aliphatic rings. The Balaban J connectivity index is 0.878. The third-order valence-corrected chi connectivity index (χ3v) is 11.6. The lowest BCUT2D eigenvalue weighted by Gasteiger charge is -2.43. The van der Waals surface area contributed by atoms with Crippen molar-refractivity contribution in [3.63, 3.8) is 0 Å². The first-order chi connectivity index (χ1) is 24.9. The highest BCUT2D eigenvalue weighted by Crippen LogP contribution is 2.53. The molecule has 266 valence electrons. The average molecular weight is 691 g/mol. The molecule has 8 rings (SSSR count). The van der Waals surface area contributed by atoms with Gasteiger partial charge >= 0.3 is 0 Å². The van der Waals surface area contributed by atoms with Gasteiger partial charge in [-0.15, -0.1) is 0 Å². The van der Waals surface area contributed by atoms with Gasteiger partial charge in [0.2, 0.25) is 5.95 Å². The molecule has 9 nitrogen and oxygen atoms in total. The van der Waals surface area contributed by atoms with E-state index in [2.05, 4.69) is 67.5 Å². The van der Waals surface area contributed by atoms with Gasteiger partial charge < -0.3 is 25.8 Å². The normalized spacial score (nSPS) is 21.8. The number of β-amino-alcohol motifs (C(OH)–C–C–N with tert-alkyl or cyclic N) is 1. The van der Waals surface area contributed by atoms with Crippen LogP contribution >= 0.6 is 0 Å². The summed E-state index contributed by atoms with van der Waals surface area (Å²) in [4.78, 5) is 26.4. The molecule has 0 radical (unpaired) electrons. The first-order valence-corrected chi connectivity index (χ1v) is 18.5. The number of likely N-dealkylation sites (tertiary alicyclic amines) is 1. The van der Waals surface area contributed by atoms with Crippen LogP contribution in [0, 0.1) is 5.95 Å². The molecule has 1 amide bonds. The van der Waals surface area contributed by atoms with Crippen LogP contribution in [0.15, 0.2) is 73.1 Å².